The van der Waals surface area contributed by atoms with Gasteiger partial charge in [0.2, 0.25) is 15.9 Å². The summed E-state index contributed by atoms with van der Waals surface area (Å²) in [6.07, 6.45) is 2.94. The molecule has 9 nitrogen and oxygen atoms in total. The molecular formula is C26H28ClN5O4S. The largest absolute Gasteiger partial charge is 0.366 e. The zero-order chi connectivity index (χ0) is 26.4. The van der Waals surface area contributed by atoms with Gasteiger partial charge < -0.3 is 15.1 Å². The maximum atomic E-state index is 13.6. The van der Waals surface area contributed by atoms with Gasteiger partial charge >= 0.3 is 0 Å². The number of amides is 2. The summed E-state index contributed by atoms with van der Waals surface area (Å²) in [4.78, 5) is 34.3. The topological polar surface area (TPSA) is 112 Å². The first-order valence-electron chi connectivity index (χ1n) is 11.8. The zero-order valence-electron chi connectivity index (χ0n) is 20.3. The molecule has 0 saturated carbocycles. The van der Waals surface area contributed by atoms with Crippen LogP contribution in [0.1, 0.15) is 16.1 Å². The summed E-state index contributed by atoms with van der Waals surface area (Å²) in [7, 11) is -3.44. The summed E-state index contributed by atoms with van der Waals surface area (Å²) in [6, 6.07) is 18.6. The lowest BCUT2D eigenvalue weighted by Gasteiger charge is -2.38. The van der Waals surface area contributed by atoms with Crippen LogP contribution < -0.4 is 14.9 Å². The molecule has 4 rings (SSSR count). The van der Waals surface area contributed by atoms with Gasteiger partial charge in [-0.3, -0.25) is 19.3 Å². The standard InChI is InChI=1S/C26H28ClN5O4S/c1-37(35,36)30-21-6-2-3-8-24(21)31-14-16-32(17-15-31)26(34)23(18-19-9-11-20(27)12-10-19)29-25(33)22-7-4-5-13-28-22/h2-13,23,30H,14-18H2,1H3,(H,29,33)/t23-/m1/s1. The van der Waals surface area contributed by atoms with Gasteiger partial charge in [0.15, 0.2) is 0 Å². The molecule has 0 unspecified atom stereocenters. The van der Waals surface area contributed by atoms with E-state index in [4.69, 9.17) is 11.6 Å². The highest BCUT2D eigenvalue weighted by Gasteiger charge is 2.30. The Labute approximate surface area is 221 Å². The highest BCUT2D eigenvalue weighted by molar-refractivity contribution is 7.92. The number of rotatable bonds is 8. The average molecular weight is 542 g/mol. The molecule has 194 valence electrons. The Bertz CT molecular complexity index is 1340. The molecule has 1 saturated heterocycles. The van der Waals surface area contributed by atoms with Crippen LogP contribution in [0, 0.1) is 0 Å². The second kappa shape index (κ2) is 11.6. The number of carbonyl (C=O) groups is 2. The molecule has 0 bridgehead atoms. The number of anilines is 2. The monoisotopic (exact) mass is 541 g/mol. The van der Waals surface area contributed by atoms with E-state index < -0.39 is 22.0 Å². The molecule has 3 aromatic rings. The minimum atomic E-state index is -3.44. The molecule has 1 fully saturated rings. The summed E-state index contributed by atoms with van der Waals surface area (Å²) in [6.45, 7) is 1.86. The molecule has 2 amide bonds. The summed E-state index contributed by atoms with van der Waals surface area (Å²) >= 11 is 6.01. The first-order valence-corrected chi connectivity index (χ1v) is 14.0. The van der Waals surface area contributed by atoms with E-state index >= 15 is 0 Å². The number of halogens is 1. The maximum absolute atomic E-state index is 13.6. The van der Waals surface area contributed by atoms with Crippen molar-refractivity contribution in [1.82, 2.24) is 15.2 Å². The SMILES string of the molecule is CS(=O)(=O)Nc1ccccc1N1CCN(C(=O)[C@@H](Cc2ccc(Cl)cc2)NC(=O)c2ccccn2)CC1. The van der Waals surface area contributed by atoms with E-state index in [9.17, 15) is 18.0 Å². The number of nitrogens with one attached hydrogen (secondary N) is 2. The Hall–Kier alpha value is -3.63. The van der Waals surface area contributed by atoms with Crippen molar-refractivity contribution in [3.05, 3.63) is 89.2 Å². The normalized spacial score (nSPS) is 14.6. The number of para-hydroxylation sites is 2. The van der Waals surface area contributed by atoms with Crippen LogP contribution in [0.2, 0.25) is 5.02 Å². The summed E-state index contributed by atoms with van der Waals surface area (Å²) < 4.78 is 26.1. The number of sulfonamides is 1. The van der Waals surface area contributed by atoms with Crippen LogP contribution in [0.3, 0.4) is 0 Å². The number of aromatic nitrogens is 1. The molecule has 0 spiro atoms. The number of benzene rings is 2. The number of piperazine rings is 1. The lowest BCUT2D eigenvalue weighted by Crippen LogP contribution is -2.55. The summed E-state index contributed by atoms with van der Waals surface area (Å²) in [5.41, 5.74) is 2.34. The van der Waals surface area contributed by atoms with Crippen LogP contribution in [-0.4, -0.2) is 68.6 Å². The van der Waals surface area contributed by atoms with Crippen LogP contribution in [0.4, 0.5) is 11.4 Å². The molecule has 1 atom stereocenters. The van der Waals surface area contributed by atoms with Gasteiger partial charge in [-0.2, -0.15) is 0 Å². The predicted octanol–water partition coefficient (Wildman–Crippen LogP) is 2.80. The fourth-order valence-corrected chi connectivity index (χ4v) is 4.91. The average Bonchev–Trinajstić information content (AvgIpc) is 2.89. The highest BCUT2D eigenvalue weighted by Crippen LogP contribution is 2.27. The molecule has 0 aliphatic carbocycles. The van der Waals surface area contributed by atoms with Crippen LogP contribution in [0.5, 0.6) is 0 Å². The Morgan fingerprint density at radius 2 is 1.65 bits per heavy atom. The van der Waals surface area contributed by atoms with Crippen molar-refractivity contribution in [3.8, 4) is 0 Å². The van der Waals surface area contributed by atoms with Crippen molar-refractivity contribution in [3.63, 3.8) is 0 Å². The van der Waals surface area contributed by atoms with Crippen molar-refractivity contribution in [2.75, 3.05) is 42.1 Å². The van der Waals surface area contributed by atoms with Gasteiger partial charge in [-0.05, 0) is 42.0 Å². The molecule has 2 aromatic carbocycles. The quantitative estimate of drug-likeness (QED) is 0.453. The summed E-state index contributed by atoms with van der Waals surface area (Å²) in [5, 5.41) is 3.44. The Morgan fingerprint density at radius 3 is 2.30 bits per heavy atom. The molecule has 0 radical (unpaired) electrons. The second-order valence-corrected chi connectivity index (χ2v) is 11.0. The van der Waals surface area contributed by atoms with E-state index in [0.29, 0.717) is 43.3 Å². The molecule has 2 N–H and O–H groups in total. The third-order valence-electron chi connectivity index (χ3n) is 5.99. The van der Waals surface area contributed by atoms with Gasteiger partial charge in [0.25, 0.3) is 5.91 Å². The van der Waals surface area contributed by atoms with E-state index in [1.54, 1.807) is 47.4 Å². The third-order valence-corrected chi connectivity index (χ3v) is 6.83. The molecule has 1 aromatic heterocycles. The molecule has 1 aliphatic rings. The van der Waals surface area contributed by atoms with Gasteiger partial charge in [0.05, 0.1) is 17.6 Å². The molecule has 1 aliphatic heterocycles. The minimum absolute atomic E-state index is 0.193. The van der Waals surface area contributed by atoms with E-state index in [0.717, 1.165) is 17.5 Å². The van der Waals surface area contributed by atoms with Gasteiger partial charge in [-0.15, -0.1) is 0 Å². The second-order valence-electron chi connectivity index (χ2n) is 8.78. The van der Waals surface area contributed by atoms with Crippen molar-refractivity contribution in [2.24, 2.45) is 0 Å². The highest BCUT2D eigenvalue weighted by atomic mass is 35.5. The predicted molar refractivity (Wildman–Crippen MR) is 144 cm³/mol. The van der Waals surface area contributed by atoms with Gasteiger partial charge in [-0.25, -0.2) is 8.42 Å². The van der Waals surface area contributed by atoms with Crippen LogP contribution in [0.15, 0.2) is 72.9 Å². The van der Waals surface area contributed by atoms with Crippen LogP contribution in [-0.2, 0) is 21.2 Å². The van der Waals surface area contributed by atoms with Crippen LogP contribution in [0.25, 0.3) is 0 Å². The third kappa shape index (κ3) is 7.21. The molecule has 2 heterocycles. The molecular weight excluding hydrogens is 514 g/mol. The van der Waals surface area contributed by atoms with E-state index in [-0.39, 0.29) is 11.6 Å². The summed E-state index contributed by atoms with van der Waals surface area (Å²) in [5.74, 6) is -0.617. The number of nitrogens with zero attached hydrogens (tertiary/aromatic N) is 3. The van der Waals surface area contributed by atoms with Gasteiger partial charge in [0.1, 0.15) is 11.7 Å². The van der Waals surface area contributed by atoms with Crippen molar-refractivity contribution < 1.29 is 18.0 Å². The number of hydrogen-bond acceptors (Lipinski definition) is 6. The number of carbonyl (C=O) groups excluding carboxylic acids is 2. The fourth-order valence-electron chi connectivity index (χ4n) is 4.21. The first-order chi connectivity index (χ1) is 17.7. The number of hydrogen-bond donors (Lipinski definition) is 2. The van der Waals surface area contributed by atoms with Crippen LogP contribution >= 0.6 is 11.6 Å². The zero-order valence-corrected chi connectivity index (χ0v) is 21.9. The first kappa shape index (κ1) is 26.4. The smallest absolute Gasteiger partial charge is 0.270 e. The lowest BCUT2D eigenvalue weighted by atomic mass is 10.0. The van der Waals surface area contributed by atoms with E-state index in [1.165, 1.54) is 6.20 Å². The maximum Gasteiger partial charge on any atom is 0.270 e. The van der Waals surface area contributed by atoms with Gasteiger partial charge in [-0.1, -0.05) is 41.9 Å². The molecule has 37 heavy (non-hydrogen) atoms. The fraction of sp³-hybridized carbons (Fsp3) is 0.269. The van der Waals surface area contributed by atoms with Crippen molar-refractivity contribution in [2.45, 2.75) is 12.5 Å². The Kier molecular flexibility index (Phi) is 8.30. The number of pyridine rings is 1. The molecule has 11 heteroatoms. The Balaban J connectivity index is 1.48. The van der Waals surface area contributed by atoms with Gasteiger partial charge in [0, 0.05) is 43.8 Å². The van der Waals surface area contributed by atoms with E-state index in [2.05, 4.69) is 15.0 Å². The van der Waals surface area contributed by atoms with E-state index in [1.807, 2.05) is 29.2 Å². The lowest BCUT2D eigenvalue weighted by molar-refractivity contribution is -0.133. The Morgan fingerprint density at radius 1 is 0.973 bits per heavy atom. The van der Waals surface area contributed by atoms with Crippen molar-refractivity contribution >= 4 is 44.8 Å². The van der Waals surface area contributed by atoms with Crippen molar-refractivity contribution in [1.29, 1.82) is 0 Å². The minimum Gasteiger partial charge on any atom is -0.366 e.